The fourth-order valence-electron chi connectivity index (χ4n) is 4.91. The van der Waals surface area contributed by atoms with E-state index >= 15 is 0 Å². The van der Waals surface area contributed by atoms with Gasteiger partial charge in [-0.05, 0) is 61.7 Å². The first-order chi connectivity index (χ1) is 19.7. The van der Waals surface area contributed by atoms with Gasteiger partial charge in [-0.1, -0.05) is 43.0 Å². The molecule has 1 fully saturated rings. The van der Waals surface area contributed by atoms with Crippen LogP contribution in [0.2, 0.25) is 0 Å². The highest BCUT2D eigenvalue weighted by molar-refractivity contribution is 7.17. The molecule has 0 radical (unpaired) electrons. The Morgan fingerprint density at radius 3 is 2.71 bits per heavy atom. The summed E-state index contributed by atoms with van der Waals surface area (Å²) in [6.45, 7) is 9.70. The Hall–Kier alpha value is -4.44. The van der Waals surface area contributed by atoms with Crippen LogP contribution in [0.4, 0.5) is 5.13 Å². The summed E-state index contributed by atoms with van der Waals surface area (Å²) in [5.41, 5.74) is 2.15. The highest BCUT2D eigenvalue weighted by Crippen LogP contribution is 2.44. The maximum Gasteiger partial charge on any atom is 0.350 e. The third-order valence-electron chi connectivity index (χ3n) is 6.79. The van der Waals surface area contributed by atoms with Gasteiger partial charge in [-0.15, -0.1) is 0 Å². The Balaban J connectivity index is 1.62. The minimum Gasteiger partial charge on any atom is -0.507 e. The molecule has 3 aromatic rings. The molecule has 2 aromatic carbocycles. The van der Waals surface area contributed by atoms with Crippen molar-refractivity contribution in [1.29, 1.82) is 0 Å². The van der Waals surface area contributed by atoms with E-state index in [2.05, 4.69) is 11.6 Å². The summed E-state index contributed by atoms with van der Waals surface area (Å²) in [4.78, 5) is 45.6. The average Bonchev–Trinajstić information content (AvgIpc) is 3.62. The number of nitrogens with zero attached hydrogens (tertiary/aromatic N) is 2. The number of hydrogen-bond acceptors (Lipinski definition) is 9. The standard InChI is InChI=1S/C31H30N2O7S/c1-5-13-38-22-10-7-19(8-11-22)25-24(26(34)20-9-12-23-21(16-20)15-17(3)40-23)27(35)29(36)33(25)31-32-18(4)28(41-31)30(37)39-14-6-2/h6-12,16-17,25,34H,2,5,13-15H2,1,3-4H3/b26-24+. The number of anilines is 1. The molecule has 0 spiro atoms. The smallest absolute Gasteiger partial charge is 0.350 e. The summed E-state index contributed by atoms with van der Waals surface area (Å²) in [5, 5.41) is 11.7. The van der Waals surface area contributed by atoms with Crippen molar-refractivity contribution in [3.05, 3.63) is 88.0 Å². The molecule has 0 aliphatic carbocycles. The summed E-state index contributed by atoms with van der Waals surface area (Å²) in [6, 6.07) is 11.2. The molecule has 1 saturated heterocycles. The number of fused-ring (bicyclic) bond motifs is 1. The third kappa shape index (κ3) is 5.35. The Labute approximate surface area is 241 Å². The highest BCUT2D eigenvalue weighted by atomic mass is 32.1. The molecule has 9 nitrogen and oxygen atoms in total. The number of rotatable bonds is 9. The van der Waals surface area contributed by atoms with Gasteiger partial charge in [-0.25, -0.2) is 9.78 Å². The van der Waals surface area contributed by atoms with E-state index in [4.69, 9.17) is 14.2 Å². The number of ketones is 1. The number of esters is 1. The Morgan fingerprint density at radius 2 is 2.00 bits per heavy atom. The predicted molar refractivity (Wildman–Crippen MR) is 155 cm³/mol. The van der Waals surface area contributed by atoms with Crippen molar-refractivity contribution in [2.24, 2.45) is 0 Å². The summed E-state index contributed by atoms with van der Waals surface area (Å²) in [5.74, 6) is -1.26. The molecule has 10 heteroatoms. The van der Waals surface area contributed by atoms with Crippen LogP contribution in [0.3, 0.4) is 0 Å². The molecule has 41 heavy (non-hydrogen) atoms. The van der Waals surface area contributed by atoms with E-state index in [-0.39, 0.29) is 34.1 Å². The summed E-state index contributed by atoms with van der Waals surface area (Å²) in [6.07, 6.45) is 2.96. The number of carbonyl (C=O) groups excluding carboxylic acids is 3. The van der Waals surface area contributed by atoms with Crippen LogP contribution >= 0.6 is 11.3 Å². The van der Waals surface area contributed by atoms with Gasteiger partial charge in [-0.2, -0.15) is 0 Å². The van der Waals surface area contributed by atoms with E-state index in [9.17, 15) is 19.5 Å². The Morgan fingerprint density at radius 1 is 1.24 bits per heavy atom. The van der Waals surface area contributed by atoms with Crippen LogP contribution in [0.15, 0.2) is 60.7 Å². The number of thiazole rings is 1. The highest BCUT2D eigenvalue weighted by Gasteiger charge is 2.48. The van der Waals surface area contributed by atoms with Gasteiger partial charge in [0.1, 0.15) is 34.8 Å². The van der Waals surface area contributed by atoms with Crippen LogP contribution in [0, 0.1) is 6.92 Å². The fraction of sp³-hybridized carbons (Fsp3) is 0.290. The minimum absolute atomic E-state index is 0.00178. The quantitative estimate of drug-likeness (QED) is 0.117. The number of aryl methyl sites for hydroxylation is 1. The largest absolute Gasteiger partial charge is 0.507 e. The number of amides is 1. The number of benzene rings is 2. The van der Waals surface area contributed by atoms with E-state index in [1.54, 1.807) is 49.4 Å². The minimum atomic E-state index is -0.999. The zero-order chi connectivity index (χ0) is 29.3. The zero-order valence-corrected chi connectivity index (χ0v) is 23.8. The number of aliphatic hydroxyl groups excluding tert-OH is 1. The molecule has 0 bridgehead atoms. The topological polar surface area (TPSA) is 115 Å². The molecule has 212 valence electrons. The molecule has 2 atom stereocenters. The van der Waals surface area contributed by atoms with Crippen molar-refractivity contribution in [1.82, 2.24) is 4.98 Å². The van der Waals surface area contributed by atoms with Gasteiger partial charge in [-0.3, -0.25) is 14.5 Å². The molecule has 5 rings (SSSR count). The molecule has 1 aromatic heterocycles. The lowest BCUT2D eigenvalue weighted by atomic mass is 9.94. The SMILES string of the molecule is C=CCOC(=O)c1sc(N2C(=O)C(=O)/C(=C(/O)c3ccc4c(c3)CC(C)O4)C2c2ccc(OCCC)cc2)nc1C. The van der Waals surface area contributed by atoms with E-state index in [0.29, 0.717) is 35.6 Å². The first-order valence-electron chi connectivity index (χ1n) is 13.3. The molecule has 0 saturated carbocycles. The second kappa shape index (κ2) is 11.6. The molecular formula is C31H30N2O7S. The second-order valence-corrected chi connectivity index (χ2v) is 10.8. The summed E-state index contributed by atoms with van der Waals surface area (Å²) >= 11 is 0.947. The van der Waals surface area contributed by atoms with Crippen molar-refractivity contribution >= 4 is 39.9 Å². The van der Waals surface area contributed by atoms with Crippen LogP contribution in [0.25, 0.3) is 5.76 Å². The van der Waals surface area contributed by atoms with Gasteiger partial charge < -0.3 is 19.3 Å². The predicted octanol–water partition coefficient (Wildman–Crippen LogP) is 5.53. The first-order valence-corrected chi connectivity index (χ1v) is 14.1. The summed E-state index contributed by atoms with van der Waals surface area (Å²) in [7, 11) is 0. The van der Waals surface area contributed by atoms with Gasteiger partial charge in [0.2, 0.25) is 0 Å². The van der Waals surface area contributed by atoms with Crippen molar-refractivity contribution in [3.63, 3.8) is 0 Å². The molecule has 2 unspecified atom stereocenters. The normalized spacial score (nSPS) is 19.1. The first kappa shape index (κ1) is 28.1. The maximum absolute atomic E-state index is 13.6. The molecule has 1 amide bonds. The number of carbonyl (C=O) groups is 3. The van der Waals surface area contributed by atoms with Crippen LogP contribution in [0.5, 0.6) is 11.5 Å². The third-order valence-corrected chi connectivity index (χ3v) is 7.93. The number of Topliss-reactive ketones (excluding diaryl/α,β-unsaturated/α-hetero) is 1. The Bertz CT molecular complexity index is 1560. The van der Waals surface area contributed by atoms with Crippen LogP contribution < -0.4 is 14.4 Å². The van der Waals surface area contributed by atoms with Crippen molar-refractivity contribution in [3.8, 4) is 11.5 Å². The zero-order valence-electron chi connectivity index (χ0n) is 23.0. The monoisotopic (exact) mass is 574 g/mol. The van der Waals surface area contributed by atoms with Gasteiger partial charge in [0, 0.05) is 12.0 Å². The van der Waals surface area contributed by atoms with Crippen molar-refractivity contribution < 1.29 is 33.7 Å². The van der Waals surface area contributed by atoms with Crippen LogP contribution in [-0.4, -0.2) is 47.1 Å². The van der Waals surface area contributed by atoms with Crippen molar-refractivity contribution in [2.75, 3.05) is 18.1 Å². The fourth-order valence-corrected chi connectivity index (χ4v) is 5.90. The van der Waals surface area contributed by atoms with Crippen LogP contribution in [0.1, 0.15) is 58.4 Å². The average molecular weight is 575 g/mol. The Kier molecular flexibility index (Phi) is 7.94. The molecule has 1 N–H and O–H groups in total. The lowest BCUT2D eigenvalue weighted by Crippen LogP contribution is -2.29. The van der Waals surface area contributed by atoms with Gasteiger partial charge in [0.05, 0.1) is 23.9 Å². The van der Waals surface area contributed by atoms with E-state index in [1.807, 2.05) is 13.8 Å². The summed E-state index contributed by atoms with van der Waals surface area (Å²) < 4.78 is 16.7. The van der Waals surface area contributed by atoms with Gasteiger partial charge in [0.25, 0.3) is 5.78 Å². The van der Waals surface area contributed by atoms with E-state index < -0.39 is 23.7 Å². The molecule has 3 heterocycles. The molecule has 2 aliphatic heterocycles. The lowest BCUT2D eigenvalue weighted by molar-refractivity contribution is -0.132. The lowest BCUT2D eigenvalue weighted by Gasteiger charge is -2.23. The van der Waals surface area contributed by atoms with Crippen molar-refractivity contribution in [2.45, 2.75) is 45.8 Å². The second-order valence-electron chi connectivity index (χ2n) is 9.84. The number of hydrogen-bond donors (Lipinski definition) is 1. The van der Waals surface area contributed by atoms with Gasteiger partial charge >= 0.3 is 11.9 Å². The van der Waals surface area contributed by atoms with E-state index in [1.165, 1.54) is 11.0 Å². The van der Waals surface area contributed by atoms with E-state index in [0.717, 1.165) is 29.1 Å². The van der Waals surface area contributed by atoms with Crippen LogP contribution in [-0.2, 0) is 20.7 Å². The van der Waals surface area contributed by atoms with Gasteiger partial charge in [0.15, 0.2) is 5.13 Å². The number of ether oxygens (including phenoxy) is 3. The maximum atomic E-state index is 13.6. The molecule has 2 aliphatic rings. The molecular weight excluding hydrogens is 544 g/mol. The number of aromatic nitrogens is 1. The number of aliphatic hydroxyl groups is 1.